The number of nitrogens with zero attached hydrogens (tertiary/aromatic N) is 1. The third-order valence-electron chi connectivity index (χ3n) is 3.54. The number of hydrogen-bond acceptors (Lipinski definition) is 8. The van der Waals surface area contributed by atoms with E-state index in [4.69, 9.17) is 14.2 Å². The van der Waals surface area contributed by atoms with Crippen molar-refractivity contribution in [1.82, 2.24) is 10.6 Å². The molecule has 144 valence electrons. The minimum atomic E-state index is -0.918. The van der Waals surface area contributed by atoms with Gasteiger partial charge in [0, 0.05) is 12.1 Å². The molecule has 2 amide bonds. The smallest absolute Gasteiger partial charge is 0.342 e. The number of rotatable bonds is 7. The van der Waals surface area contributed by atoms with Crippen molar-refractivity contribution in [3.8, 4) is 5.75 Å². The SMILES string of the molecule is CCOC(=O)C1=C(COC(=O)c2cc([N+](=O)[O-])ccc2OC)NC(=O)NC1. The lowest BCUT2D eigenvalue weighted by Crippen LogP contribution is -2.45. The van der Waals surface area contributed by atoms with E-state index in [0.717, 1.165) is 6.07 Å². The van der Waals surface area contributed by atoms with Crippen LogP contribution in [0.4, 0.5) is 10.5 Å². The van der Waals surface area contributed by atoms with Crippen LogP contribution in [0.25, 0.3) is 0 Å². The molecular formula is C16H17N3O8. The number of nitro groups is 1. The molecule has 0 aliphatic carbocycles. The molecule has 2 rings (SSSR count). The van der Waals surface area contributed by atoms with Crippen molar-refractivity contribution in [3.63, 3.8) is 0 Å². The Balaban J connectivity index is 2.22. The summed E-state index contributed by atoms with van der Waals surface area (Å²) in [5, 5.41) is 15.7. The van der Waals surface area contributed by atoms with Gasteiger partial charge in [-0.2, -0.15) is 0 Å². The highest BCUT2D eigenvalue weighted by molar-refractivity contribution is 5.95. The van der Waals surface area contributed by atoms with E-state index in [-0.39, 0.29) is 41.4 Å². The number of hydrogen-bond donors (Lipinski definition) is 2. The average molecular weight is 379 g/mol. The Morgan fingerprint density at radius 2 is 2.00 bits per heavy atom. The Bertz CT molecular complexity index is 818. The summed E-state index contributed by atoms with van der Waals surface area (Å²) in [5.74, 6) is -1.50. The van der Waals surface area contributed by atoms with Gasteiger partial charge in [0.1, 0.15) is 17.9 Å². The second-order valence-corrected chi connectivity index (χ2v) is 5.20. The topological polar surface area (TPSA) is 146 Å². The highest BCUT2D eigenvalue weighted by Crippen LogP contribution is 2.25. The first-order valence-corrected chi connectivity index (χ1v) is 7.80. The highest BCUT2D eigenvalue weighted by atomic mass is 16.6. The van der Waals surface area contributed by atoms with Crippen LogP contribution in [0.1, 0.15) is 17.3 Å². The quantitative estimate of drug-likeness (QED) is 0.403. The molecule has 1 heterocycles. The van der Waals surface area contributed by atoms with Crippen LogP contribution in [-0.4, -0.2) is 49.8 Å². The summed E-state index contributed by atoms with van der Waals surface area (Å²) in [6, 6.07) is 2.90. The Kier molecular flexibility index (Phi) is 6.31. The normalized spacial score (nSPS) is 13.3. The van der Waals surface area contributed by atoms with Gasteiger partial charge in [0.25, 0.3) is 5.69 Å². The van der Waals surface area contributed by atoms with Crippen LogP contribution in [0.15, 0.2) is 29.5 Å². The number of nitrogens with one attached hydrogen (secondary N) is 2. The van der Waals surface area contributed by atoms with Crippen LogP contribution in [0, 0.1) is 10.1 Å². The first-order valence-electron chi connectivity index (χ1n) is 7.80. The van der Waals surface area contributed by atoms with Crippen molar-refractivity contribution in [3.05, 3.63) is 45.1 Å². The Labute approximate surface area is 153 Å². The lowest BCUT2D eigenvalue weighted by Gasteiger charge is -2.21. The summed E-state index contributed by atoms with van der Waals surface area (Å²) in [5.41, 5.74) is -0.306. The fourth-order valence-electron chi connectivity index (χ4n) is 2.25. The second-order valence-electron chi connectivity index (χ2n) is 5.20. The van der Waals surface area contributed by atoms with E-state index in [2.05, 4.69) is 10.6 Å². The van der Waals surface area contributed by atoms with E-state index in [0.29, 0.717) is 0 Å². The number of amides is 2. The van der Waals surface area contributed by atoms with Gasteiger partial charge in [-0.15, -0.1) is 0 Å². The maximum atomic E-state index is 12.3. The number of benzene rings is 1. The molecule has 27 heavy (non-hydrogen) atoms. The van der Waals surface area contributed by atoms with Gasteiger partial charge in [0.2, 0.25) is 0 Å². The Morgan fingerprint density at radius 3 is 2.63 bits per heavy atom. The first-order chi connectivity index (χ1) is 12.9. The largest absolute Gasteiger partial charge is 0.496 e. The zero-order chi connectivity index (χ0) is 20.0. The lowest BCUT2D eigenvalue weighted by molar-refractivity contribution is -0.384. The summed E-state index contributed by atoms with van der Waals surface area (Å²) >= 11 is 0. The second kappa shape index (κ2) is 8.65. The molecule has 0 radical (unpaired) electrons. The molecule has 1 aromatic rings. The fraction of sp³-hybridized carbons (Fsp3) is 0.312. The van der Waals surface area contributed by atoms with Crippen molar-refractivity contribution < 1.29 is 33.5 Å². The van der Waals surface area contributed by atoms with Gasteiger partial charge in [-0.05, 0) is 13.0 Å². The van der Waals surface area contributed by atoms with Crippen molar-refractivity contribution in [2.24, 2.45) is 0 Å². The molecular weight excluding hydrogens is 362 g/mol. The number of non-ortho nitro benzene ring substituents is 1. The maximum absolute atomic E-state index is 12.3. The minimum Gasteiger partial charge on any atom is -0.496 e. The molecule has 0 atom stereocenters. The van der Waals surface area contributed by atoms with Crippen molar-refractivity contribution in [2.45, 2.75) is 6.92 Å². The molecule has 0 saturated carbocycles. The maximum Gasteiger partial charge on any atom is 0.342 e. The van der Waals surface area contributed by atoms with E-state index in [1.807, 2.05) is 0 Å². The zero-order valence-electron chi connectivity index (χ0n) is 14.6. The van der Waals surface area contributed by atoms with E-state index in [1.165, 1.54) is 19.2 Å². The van der Waals surface area contributed by atoms with Crippen LogP contribution in [0.5, 0.6) is 5.75 Å². The number of nitro benzene ring substituents is 1. The number of esters is 2. The molecule has 11 nitrogen and oxygen atoms in total. The average Bonchev–Trinajstić information content (AvgIpc) is 2.65. The van der Waals surface area contributed by atoms with Gasteiger partial charge in [0.05, 0.1) is 36.5 Å². The molecule has 11 heteroatoms. The predicted octanol–water partition coefficient (Wildman–Crippen LogP) is 0.890. The van der Waals surface area contributed by atoms with Crippen LogP contribution >= 0.6 is 0 Å². The van der Waals surface area contributed by atoms with Gasteiger partial charge < -0.3 is 24.8 Å². The molecule has 1 aliphatic heterocycles. The van der Waals surface area contributed by atoms with Crippen molar-refractivity contribution in [2.75, 3.05) is 26.9 Å². The molecule has 2 N–H and O–H groups in total. The van der Waals surface area contributed by atoms with Gasteiger partial charge in [-0.25, -0.2) is 14.4 Å². The minimum absolute atomic E-state index is 0.0648. The van der Waals surface area contributed by atoms with E-state index >= 15 is 0 Å². The molecule has 0 fully saturated rings. The lowest BCUT2D eigenvalue weighted by atomic mass is 10.1. The van der Waals surface area contributed by atoms with Gasteiger partial charge in [-0.3, -0.25) is 10.1 Å². The monoisotopic (exact) mass is 379 g/mol. The van der Waals surface area contributed by atoms with E-state index in [1.54, 1.807) is 6.92 Å². The van der Waals surface area contributed by atoms with Gasteiger partial charge in [0.15, 0.2) is 0 Å². The van der Waals surface area contributed by atoms with Gasteiger partial charge >= 0.3 is 18.0 Å². The molecule has 0 unspecified atom stereocenters. The van der Waals surface area contributed by atoms with E-state index < -0.39 is 29.5 Å². The fourth-order valence-corrected chi connectivity index (χ4v) is 2.25. The summed E-state index contributed by atoms with van der Waals surface area (Å²) < 4.78 is 15.0. The van der Waals surface area contributed by atoms with Crippen LogP contribution in [0.3, 0.4) is 0 Å². The van der Waals surface area contributed by atoms with Crippen molar-refractivity contribution >= 4 is 23.7 Å². The predicted molar refractivity (Wildman–Crippen MR) is 90.1 cm³/mol. The molecule has 0 bridgehead atoms. The molecule has 0 spiro atoms. The zero-order valence-corrected chi connectivity index (χ0v) is 14.6. The summed E-state index contributed by atoms with van der Waals surface area (Å²) in [6.45, 7) is 1.24. The van der Waals surface area contributed by atoms with E-state index in [9.17, 15) is 24.5 Å². The number of urea groups is 1. The number of carbonyl (C=O) groups is 3. The summed E-state index contributed by atoms with van der Waals surface area (Å²) in [7, 11) is 1.30. The molecule has 1 aliphatic rings. The summed E-state index contributed by atoms with van der Waals surface area (Å²) in [6.07, 6.45) is 0. The summed E-state index contributed by atoms with van der Waals surface area (Å²) in [4.78, 5) is 46.0. The molecule has 0 aromatic heterocycles. The van der Waals surface area contributed by atoms with Crippen LogP contribution in [-0.2, 0) is 14.3 Å². The first kappa shape index (κ1) is 19.7. The number of methoxy groups -OCH3 is 1. The Morgan fingerprint density at radius 1 is 1.26 bits per heavy atom. The van der Waals surface area contributed by atoms with Crippen molar-refractivity contribution in [1.29, 1.82) is 0 Å². The van der Waals surface area contributed by atoms with Gasteiger partial charge in [-0.1, -0.05) is 0 Å². The number of ether oxygens (including phenoxy) is 3. The van der Waals surface area contributed by atoms with Crippen LogP contribution < -0.4 is 15.4 Å². The molecule has 1 aromatic carbocycles. The Hall–Kier alpha value is -3.63. The van der Waals surface area contributed by atoms with Crippen LogP contribution in [0.2, 0.25) is 0 Å². The third kappa shape index (κ3) is 4.71. The number of carbonyl (C=O) groups excluding carboxylic acids is 3. The standard InChI is InChI=1S/C16H17N3O8/c1-3-26-15(21)11-7-17-16(22)18-12(11)8-27-14(20)10-6-9(19(23)24)4-5-13(10)25-2/h4-6H,3,7-8H2,1-2H3,(H2,17,18,22). The highest BCUT2D eigenvalue weighted by Gasteiger charge is 2.25. The third-order valence-corrected chi connectivity index (χ3v) is 3.54. The molecule has 0 saturated heterocycles.